The molecule has 2 rings (SSSR count). The lowest BCUT2D eigenvalue weighted by atomic mass is 10.0. The molecule has 0 saturated carbocycles. The Morgan fingerprint density at radius 3 is 2.93 bits per heavy atom. The molecule has 1 aromatic rings. The molecule has 0 unspecified atom stereocenters. The zero-order valence-electron chi connectivity index (χ0n) is 8.59. The van der Waals surface area contributed by atoms with Gasteiger partial charge in [-0.25, -0.2) is 0 Å². The van der Waals surface area contributed by atoms with Gasteiger partial charge in [-0.05, 0) is 6.07 Å². The molecule has 5 heteroatoms. The zero-order chi connectivity index (χ0) is 10.8. The molecule has 1 fully saturated rings. The van der Waals surface area contributed by atoms with Gasteiger partial charge in [-0.1, -0.05) is 11.6 Å². The highest BCUT2D eigenvalue weighted by Gasteiger charge is 2.18. The second kappa shape index (κ2) is 4.24. The number of carbonyl (C=O) groups excluding carboxylic acids is 1. The lowest BCUT2D eigenvalue weighted by molar-refractivity contribution is 0.0934. The predicted molar refractivity (Wildman–Crippen MR) is 59.1 cm³/mol. The molecule has 0 aliphatic carbocycles. The summed E-state index contributed by atoms with van der Waals surface area (Å²) in [5.74, 6) is 0.515. The monoisotopic (exact) mass is 227 g/mol. The second-order valence-electron chi connectivity index (χ2n) is 3.89. The highest BCUT2D eigenvalue weighted by atomic mass is 35.5. The van der Waals surface area contributed by atoms with Gasteiger partial charge in [0.15, 0.2) is 0 Å². The lowest BCUT2D eigenvalue weighted by Crippen LogP contribution is -2.48. The number of rotatable bonds is 3. The van der Waals surface area contributed by atoms with Crippen LogP contribution in [0.25, 0.3) is 0 Å². The SMILES string of the molecule is Cn1cc(Cl)cc1C(=O)NCC1CNC1. The van der Waals surface area contributed by atoms with Gasteiger partial charge < -0.3 is 15.2 Å². The van der Waals surface area contributed by atoms with Crippen LogP contribution in [0.1, 0.15) is 10.5 Å². The number of halogens is 1. The molecule has 2 heterocycles. The number of carbonyl (C=O) groups is 1. The fourth-order valence-electron chi connectivity index (χ4n) is 1.57. The Kier molecular flexibility index (Phi) is 2.98. The highest BCUT2D eigenvalue weighted by molar-refractivity contribution is 6.31. The minimum atomic E-state index is -0.0590. The average Bonchev–Trinajstić information content (AvgIpc) is 2.42. The van der Waals surface area contributed by atoms with Crippen molar-refractivity contribution in [2.45, 2.75) is 0 Å². The summed E-state index contributed by atoms with van der Waals surface area (Å²) < 4.78 is 1.73. The van der Waals surface area contributed by atoms with E-state index in [1.54, 1.807) is 16.8 Å². The molecule has 4 nitrogen and oxygen atoms in total. The number of nitrogens with one attached hydrogen (secondary N) is 2. The molecule has 1 aromatic heterocycles. The van der Waals surface area contributed by atoms with E-state index in [4.69, 9.17) is 11.6 Å². The van der Waals surface area contributed by atoms with E-state index in [9.17, 15) is 4.79 Å². The van der Waals surface area contributed by atoms with Gasteiger partial charge in [-0.3, -0.25) is 4.79 Å². The Morgan fingerprint density at radius 1 is 1.73 bits per heavy atom. The molecule has 0 aromatic carbocycles. The van der Waals surface area contributed by atoms with E-state index in [-0.39, 0.29) is 5.91 Å². The summed E-state index contributed by atoms with van der Waals surface area (Å²) in [6.45, 7) is 2.72. The van der Waals surface area contributed by atoms with Crippen LogP contribution in [0, 0.1) is 5.92 Å². The van der Waals surface area contributed by atoms with E-state index in [2.05, 4.69) is 10.6 Å². The van der Waals surface area contributed by atoms with Crippen LogP contribution in [0.4, 0.5) is 0 Å². The average molecular weight is 228 g/mol. The van der Waals surface area contributed by atoms with Gasteiger partial charge in [0.05, 0.1) is 5.02 Å². The third-order valence-electron chi connectivity index (χ3n) is 2.62. The third-order valence-corrected chi connectivity index (χ3v) is 2.83. The van der Waals surface area contributed by atoms with Crippen molar-refractivity contribution in [1.29, 1.82) is 0 Å². The quantitative estimate of drug-likeness (QED) is 0.796. The first kappa shape index (κ1) is 10.5. The van der Waals surface area contributed by atoms with E-state index in [1.165, 1.54) is 0 Å². The van der Waals surface area contributed by atoms with Gasteiger partial charge in [0.2, 0.25) is 0 Å². The normalized spacial score (nSPS) is 16.1. The Balaban J connectivity index is 1.92. The maximum Gasteiger partial charge on any atom is 0.267 e. The molecule has 15 heavy (non-hydrogen) atoms. The summed E-state index contributed by atoms with van der Waals surface area (Å²) in [4.78, 5) is 11.7. The van der Waals surface area contributed by atoms with Crippen molar-refractivity contribution in [2.24, 2.45) is 13.0 Å². The van der Waals surface area contributed by atoms with Gasteiger partial charge in [0.1, 0.15) is 5.69 Å². The Labute approximate surface area is 93.6 Å². The topological polar surface area (TPSA) is 46.1 Å². The van der Waals surface area contributed by atoms with E-state index in [0.29, 0.717) is 16.6 Å². The maximum atomic E-state index is 11.7. The molecule has 0 radical (unpaired) electrons. The van der Waals surface area contributed by atoms with Crippen LogP contribution in [0.5, 0.6) is 0 Å². The van der Waals surface area contributed by atoms with E-state index >= 15 is 0 Å². The summed E-state index contributed by atoms with van der Waals surface area (Å²) in [6.07, 6.45) is 1.72. The molecule has 1 aliphatic heterocycles. The predicted octanol–water partition coefficient (Wildman–Crippen LogP) is 0.628. The second-order valence-corrected chi connectivity index (χ2v) is 4.33. The van der Waals surface area contributed by atoms with Crippen LogP contribution >= 0.6 is 11.6 Å². The van der Waals surface area contributed by atoms with Crippen LogP contribution in [0.15, 0.2) is 12.3 Å². The van der Waals surface area contributed by atoms with Gasteiger partial charge in [0, 0.05) is 38.8 Å². The van der Waals surface area contributed by atoms with Crippen molar-refractivity contribution in [1.82, 2.24) is 15.2 Å². The summed E-state index contributed by atoms with van der Waals surface area (Å²) in [5, 5.41) is 6.65. The molecular formula is C10H14ClN3O. The minimum Gasteiger partial charge on any atom is -0.350 e. The third kappa shape index (κ3) is 2.33. The van der Waals surface area contributed by atoms with Crippen LogP contribution < -0.4 is 10.6 Å². The van der Waals surface area contributed by atoms with Crippen molar-refractivity contribution in [3.63, 3.8) is 0 Å². The van der Waals surface area contributed by atoms with Gasteiger partial charge in [-0.2, -0.15) is 0 Å². The Hall–Kier alpha value is -1.00. The summed E-state index contributed by atoms with van der Waals surface area (Å²) >= 11 is 5.80. The summed E-state index contributed by atoms with van der Waals surface area (Å²) in [5.41, 5.74) is 0.604. The van der Waals surface area contributed by atoms with Gasteiger partial charge >= 0.3 is 0 Å². The van der Waals surface area contributed by atoms with Crippen LogP contribution in [0.3, 0.4) is 0 Å². The van der Waals surface area contributed by atoms with Crippen molar-refractivity contribution in [2.75, 3.05) is 19.6 Å². The number of hydrogen-bond donors (Lipinski definition) is 2. The number of aromatic nitrogens is 1. The standard InChI is InChI=1S/C10H14ClN3O/c1-14-6-8(11)2-9(14)10(15)13-5-7-3-12-4-7/h2,6-7,12H,3-5H2,1H3,(H,13,15). The number of aryl methyl sites for hydroxylation is 1. The van der Waals surface area contributed by atoms with Crippen LogP contribution in [-0.2, 0) is 7.05 Å². The molecule has 2 N–H and O–H groups in total. The van der Waals surface area contributed by atoms with Gasteiger partial charge in [-0.15, -0.1) is 0 Å². The first-order valence-electron chi connectivity index (χ1n) is 4.97. The lowest BCUT2D eigenvalue weighted by Gasteiger charge is -2.27. The van der Waals surface area contributed by atoms with Crippen molar-refractivity contribution < 1.29 is 4.79 Å². The first-order valence-corrected chi connectivity index (χ1v) is 5.35. The van der Waals surface area contributed by atoms with Gasteiger partial charge in [0.25, 0.3) is 5.91 Å². The number of amides is 1. The molecular weight excluding hydrogens is 214 g/mol. The van der Waals surface area contributed by atoms with Crippen LogP contribution in [0.2, 0.25) is 5.02 Å². The minimum absolute atomic E-state index is 0.0590. The maximum absolute atomic E-state index is 11.7. The van der Waals surface area contributed by atoms with E-state index in [1.807, 2.05) is 7.05 Å². The molecule has 0 spiro atoms. The van der Waals surface area contributed by atoms with Crippen LogP contribution in [-0.4, -0.2) is 30.1 Å². The van der Waals surface area contributed by atoms with Crippen molar-refractivity contribution in [3.05, 3.63) is 23.0 Å². The smallest absolute Gasteiger partial charge is 0.267 e. The molecule has 1 aliphatic rings. The molecule has 0 bridgehead atoms. The van der Waals surface area contributed by atoms with Crippen molar-refractivity contribution in [3.8, 4) is 0 Å². The zero-order valence-corrected chi connectivity index (χ0v) is 9.34. The fraction of sp³-hybridized carbons (Fsp3) is 0.500. The molecule has 0 atom stereocenters. The van der Waals surface area contributed by atoms with E-state index < -0.39 is 0 Å². The first-order chi connectivity index (χ1) is 7.16. The molecule has 82 valence electrons. The summed E-state index contributed by atoms with van der Waals surface area (Å²) in [6, 6.07) is 1.68. The Morgan fingerprint density at radius 2 is 2.47 bits per heavy atom. The Bertz CT molecular complexity index is 371. The number of hydrogen-bond acceptors (Lipinski definition) is 2. The molecule has 1 amide bonds. The van der Waals surface area contributed by atoms with E-state index in [0.717, 1.165) is 19.6 Å². The van der Waals surface area contributed by atoms with Crippen molar-refractivity contribution >= 4 is 17.5 Å². The highest BCUT2D eigenvalue weighted by Crippen LogP contribution is 2.12. The fourth-order valence-corrected chi connectivity index (χ4v) is 1.82. The molecule has 1 saturated heterocycles. The number of nitrogens with zero attached hydrogens (tertiary/aromatic N) is 1. The largest absolute Gasteiger partial charge is 0.350 e. The summed E-state index contributed by atoms with van der Waals surface area (Å²) in [7, 11) is 1.81.